The molecule has 0 aromatic carbocycles. The van der Waals surface area contributed by atoms with Crippen LogP contribution < -0.4 is 5.32 Å². The van der Waals surface area contributed by atoms with Crippen molar-refractivity contribution in [1.82, 2.24) is 24.5 Å². The fraction of sp³-hybridized carbons (Fsp3) is 0.467. The van der Waals surface area contributed by atoms with E-state index < -0.39 is 0 Å². The van der Waals surface area contributed by atoms with E-state index in [1.165, 1.54) is 4.90 Å². The van der Waals surface area contributed by atoms with Gasteiger partial charge in [0.05, 0.1) is 11.4 Å². The molecule has 2 heterocycles. The van der Waals surface area contributed by atoms with Crippen molar-refractivity contribution in [3.05, 3.63) is 29.3 Å². The highest BCUT2D eigenvalue weighted by Gasteiger charge is 2.24. The van der Waals surface area contributed by atoms with E-state index in [0.29, 0.717) is 23.6 Å². The van der Waals surface area contributed by atoms with Crippen LogP contribution in [0.4, 0.5) is 5.69 Å². The first kappa shape index (κ1) is 16.7. The summed E-state index contributed by atoms with van der Waals surface area (Å²) in [6.45, 7) is 4.48. The van der Waals surface area contributed by atoms with Crippen LogP contribution in [0.25, 0.3) is 0 Å². The van der Waals surface area contributed by atoms with Crippen molar-refractivity contribution >= 4 is 17.5 Å². The number of nitrogens with one attached hydrogen (secondary N) is 1. The molecule has 0 saturated heterocycles. The SMILES string of the molecule is CCCn1nccc1C(=O)Nc1c(C(=O)N(C)C)nn(C)c1C. The predicted octanol–water partition coefficient (Wildman–Crippen LogP) is 1.29. The molecule has 2 amide bonds. The lowest BCUT2D eigenvalue weighted by Gasteiger charge is -2.11. The lowest BCUT2D eigenvalue weighted by Crippen LogP contribution is -2.25. The summed E-state index contributed by atoms with van der Waals surface area (Å²) in [5, 5.41) is 11.2. The summed E-state index contributed by atoms with van der Waals surface area (Å²) < 4.78 is 3.23. The topological polar surface area (TPSA) is 85.1 Å². The number of aromatic nitrogens is 4. The van der Waals surface area contributed by atoms with E-state index in [2.05, 4.69) is 15.5 Å². The maximum absolute atomic E-state index is 12.5. The first-order valence-corrected chi connectivity index (χ1v) is 7.45. The molecule has 0 radical (unpaired) electrons. The largest absolute Gasteiger partial charge is 0.343 e. The van der Waals surface area contributed by atoms with Crippen molar-refractivity contribution < 1.29 is 9.59 Å². The second-order valence-corrected chi connectivity index (χ2v) is 5.53. The van der Waals surface area contributed by atoms with Gasteiger partial charge < -0.3 is 10.2 Å². The van der Waals surface area contributed by atoms with Gasteiger partial charge in [-0.2, -0.15) is 10.2 Å². The van der Waals surface area contributed by atoms with Crippen LogP contribution in [-0.4, -0.2) is 50.4 Å². The van der Waals surface area contributed by atoms with E-state index >= 15 is 0 Å². The fourth-order valence-corrected chi connectivity index (χ4v) is 2.21. The van der Waals surface area contributed by atoms with E-state index in [-0.39, 0.29) is 17.5 Å². The Bertz CT molecular complexity index is 728. The number of carbonyl (C=O) groups excluding carboxylic acids is 2. The Balaban J connectivity index is 2.34. The third-order valence-electron chi connectivity index (χ3n) is 3.57. The van der Waals surface area contributed by atoms with Gasteiger partial charge in [-0.3, -0.25) is 19.0 Å². The second-order valence-electron chi connectivity index (χ2n) is 5.53. The van der Waals surface area contributed by atoms with Gasteiger partial charge in [-0.05, 0) is 19.4 Å². The van der Waals surface area contributed by atoms with Crippen LogP contribution in [0.3, 0.4) is 0 Å². The first-order valence-electron chi connectivity index (χ1n) is 7.45. The zero-order valence-corrected chi connectivity index (χ0v) is 14.1. The van der Waals surface area contributed by atoms with Crippen LogP contribution in [0.1, 0.15) is 40.0 Å². The lowest BCUT2D eigenvalue weighted by atomic mass is 10.2. The van der Waals surface area contributed by atoms with Gasteiger partial charge in [0, 0.05) is 33.9 Å². The van der Waals surface area contributed by atoms with Crippen molar-refractivity contribution in [2.45, 2.75) is 26.8 Å². The maximum atomic E-state index is 12.5. The van der Waals surface area contributed by atoms with Gasteiger partial charge >= 0.3 is 0 Å². The van der Waals surface area contributed by atoms with Crippen LogP contribution in [0.5, 0.6) is 0 Å². The van der Waals surface area contributed by atoms with Gasteiger partial charge in [0.25, 0.3) is 11.8 Å². The first-order chi connectivity index (χ1) is 10.9. The number of aryl methyl sites for hydroxylation is 2. The van der Waals surface area contributed by atoms with Crippen molar-refractivity contribution in [3.63, 3.8) is 0 Å². The Labute approximate surface area is 135 Å². The molecule has 0 atom stereocenters. The fourth-order valence-electron chi connectivity index (χ4n) is 2.21. The number of carbonyl (C=O) groups is 2. The maximum Gasteiger partial charge on any atom is 0.276 e. The Kier molecular flexibility index (Phi) is 4.83. The normalized spacial score (nSPS) is 10.7. The van der Waals surface area contributed by atoms with Crippen LogP contribution in [-0.2, 0) is 13.6 Å². The van der Waals surface area contributed by atoms with Gasteiger partial charge in [0.1, 0.15) is 5.69 Å². The number of hydrogen-bond acceptors (Lipinski definition) is 4. The van der Waals surface area contributed by atoms with E-state index in [9.17, 15) is 9.59 Å². The summed E-state index contributed by atoms with van der Waals surface area (Å²) in [5.74, 6) is -0.564. The highest BCUT2D eigenvalue weighted by molar-refractivity contribution is 6.08. The molecule has 0 bridgehead atoms. The third kappa shape index (κ3) is 3.25. The molecular formula is C15H22N6O2. The molecule has 0 aliphatic heterocycles. The highest BCUT2D eigenvalue weighted by atomic mass is 16.2. The molecule has 0 fully saturated rings. The summed E-state index contributed by atoms with van der Waals surface area (Å²) in [5.41, 5.74) is 1.83. The van der Waals surface area contributed by atoms with Gasteiger partial charge in [-0.15, -0.1) is 0 Å². The van der Waals surface area contributed by atoms with Crippen molar-refractivity contribution in [2.75, 3.05) is 19.4 Å². The van der Waals surface area contributed by atoms with Gasteiger partial charge in [-0.1, -0.05) is 6.92 Å². The minimum atomic E-state index is -0.306. The van der Waals surface area contributed by atoms with E-state index in [0.717, 1.165) is 6.42 Å². The van der Waals surface area contributed by atoms with Crippen molar-refractivity contribution in [2.24, 2.45) is 7.05 Å². The minimum absolute atomic E-state index is 0.227. The molecule has 8 heteroatoms. The quantitative estimate of drug-likeness (QED) is 0.900. The Hall–Kier alpha value is -2.64. The number of anilines is 1. The van der Waals surface area contributed by atoms with Gasteiger partial charge in [-0.25, -0.2) is 0 Å². The third-order valence-corrected chi connectivity index (χ3v) is 3.57. The molecule has 0 aliphatic carbocycles. The minimum Gasteiger partial charge on any atom is -0.343 e. The van der Waals surface area contributed by atoms with E-state index in [1.807, 2.05) is 6.92 Å². The average molecular weight is 318 g/mol. The van der Waals surface area contributed by atoms with Crippen molar-refractivity contribution in [3.8, 4) is 0 Å². The standard InChI is InChI=1S/C15H22N6O2/c1-6-9-21-11(7-8-16-21)14(22)17-12-10(2)20(5)18-13(12)15(23)19(3)4/h7-8H,6,9H2,1-5H3,(H,17,22). The molecule has 0 aliphatic rings. The zero-order valence-electron chi connectivity index (χ0n) is 14.1. The van der Waals surface area contributed by atoms with Crippen LogP contribution in [0, 0.1) is 6.92 Å². The molecule has 2 aromatic rings. The molecule has 1 N–H and O–H groups in total. The molecule has 0 unspecified atom stereocenters. The number of rotatable bonds is 5. The molecule has 2 aromatic heterocycles. The predicted molar refractivity (Wildman–Crippen MR) is 86.4 cm³/mol. The van der Waals surface area contributed by atoms with Crippen LogP contribution in [0.15, 0.2) is 12.3 Å². The average Bonchev–Trinajstić information content (AvgIpc) is 3.06. The summed E-state index contributed by atoms with van der Waals surface area (Å²) in [7, 11) is 5.03. The molecule has 23 heavy (non-hydrogen) atoms. The van der Waals surface area contributed by atoms with Gasteiger partial charge in [0.2, 0.25) is 0 Å². The lowest BCUT2D eigenvalue weighted by molar-refractivity contribution is 0.0822. The molecular weight excluding hydrogens is 296 g/mol. The number of nitrogens with zero attached hydrogens (tertiary/aromatic N) is 5. The Morgan fingerprint density at radius 3 is 2.65 bits per heavy atom. The molecule has 0 spiro atoms. The summed E-state index contributed by atoms with van der Waals surface area (Å²) in [6.07, 6.45) is 2.46. The van der Waals surface area contributed by atoms with Crippen LogP contribution >= 0.6 is 0 Å². The van der Waals surface area contributed by atoms with E-state index in [1.54, 1.807) is 49.7 Å². The summed E-state index contributed by atoms with van der Waals surface area (Å²) in [4.78, 5) is 26.2. The number of hydrogen-bond donors (Lipinski definition) is 1. The smallest absolute Gasteiger partial charge is 0.276 e. The van der Waals surface area contributed by atoms with Crippen LogP contribution in [0.2, 0.25) is 0 Å². The summed E-state index contributed by atoms with van der Waals surface area (Å²) in [6, 6.07) is 1.66. The monoisotopic (exact) mass is 318 g/mol. The second kappa shape index (κ2) is 6.64. The zero-order chi connectivity index (χ0) is 17.1. The Morgan fingerprint density at radius 1 is 1.35 bits per heavy atom. The van der Waals surface area contributed by atoms with Crippen molar-refractivity contribution in [1.29, 1.82) is 0 Å². The molecule has 124 valence electrons. The van der Waals surface area contributed by atoms with Gasteiger partial charge in [0.15, 0.2) is 5.69 Å². The van der Waals surface area contributed by atoms with E-state index in [4.69, 9.17) is 0 Å². The molecule has 2 rings (SSSR count). The number of amides is 2. The summed E-state index contributed by atoms with van der Waals surface area (Å²) >= 11 is 0. The molecule has 8 nitrogen and oxygen atoms in total. The molecule has 0 saturated carbocycles. The Morgan fingerprint density at radius 2 is 2.04 bits per heavy atom. The highest BCUT2D eigenvalue weighted by Crippen LogP contribution is 2.21.